The van der Waals surface area contributed by atoms with Gasteiger partial charge >= 0.3 is 0 Å². The predicted molar refractivity (Wildman–Crippen MR) is 112 cm³/mol. The summed E-state index contributed by atoms with van der Waals surface area (Å²) >= 11 is 0. The second-order valence-corrected chi connectivity index (χ2v) is 9.33. The summed E-state index contributed by atoms with van der Waals surface area (Å²) in [5, 5.41) is 0. The third-order valence-corrected chi connectivity index (χ3v) is 7.45. The molecule has 0 unspecified atom stereocenters. The molecular weight excluding hydrogens is 350 g/mol. The lowest BCUT2D eigenvalue weighted by molar-refractivity contribution is 0.165. The van der Waals surface area contributed by atoms with Crippen molar-refractivity contribution < 1.29 is 8.78 Å². The fourth-order valence-corrected chi connectivity index (χ4v) is 5.46. The second-order valence-electron chi connectivity index (χ2n) is 9.33. The molecule has 0 aliphatic heterocycles. The molecule has 0 atom stereocenters. The van der Waals surface area contributed by atoms with Crippen molar-refractivity contribution in [3.63, 3.8) is 0 Å². The van der Waals surface area contributed by atoms with Gasteiger partial charge in [0.1, 0.15) is 11.6 Å². The highest BCUT2D eigenvalue weighted by Gasteiger charge is 2.30. The highest BCUT2D eigenvalue weighted by atomic mass is 19.1. The largest absolute Gasteiger partial charge is 0.207 e. The standard InChI is InChI=1S/C26H32F2/c1-17-3-6-19(7-4-17)20-9-11-21(12-10-20)22-13-14-24(26(28)15-22)23-8-5-18(2)25(27)16-23/h5,8,13-17,19-21H,3-4,6-7,9-12H2,1-2H3. The highest BCUT2D eigenvalue weighted by molar-refractivity contribution is 5.65. The minimum atomic E-state index is -0.281. The van der Waals surface area contributed by atoms with Crippen LogP contribution in [0, 0.1) is 36.3 Å². The van der Waals surface area contributed by atoms with E-state index in [1.165, 1.54) is 57.4 Å². The topological polar surface area (TPSA) is 0 Å². The summed E-state index contributed by atoms with van der Waals surface area (Å²) in [6.45, 7) is 4.11. The Balaban J connectivity index is 1.42. The maximum atomic E-state index is 14.8. The summed E-state index contributed by atoms with van der Waals surface area (Å²) in [6, 6.07) is 10.5. The first-order valence-electron chi connectivity index (χ1n) is 11.1. The number of halogens is 2. The van der Waals surface area contributed by atoms with Gasteiger partial charge in [-0.3, -0.25) is 0 Å². The normalized spacial score (nSPS) is 28.3. The third kappa shape index (κ3) is 4.16. The number of rotatable bonds is 3. The number of hydrogen-bond donors (Lipinski definition) is 0. The van der Waals surface area contributed by atoms with Crippen LogP contribution in [0.3, 0.4) is 0 Å². The molecule has 2 aliphatic carbocycles. The first-order chi connectivity index (χ1) is 13.5. The minimum Gasteiger partial charge on any atom is -0.207 e. The zero-order chi connectivity index (χ0) is 19.7. The van der Waals surface area contributed by atoms with Gasteiger partial charge < -0.3 is 0 Å². The van der Waals surface area contributed by atoms with Crippen LogP contribution in [0.1, 0.15) is 75.3 Å². The molecule has 150 valence electrons. The summed E-state index contributed by atoms with van der Waals surface area (Å²) in [5.41, 5.74) is 2.81. The molecule has 2 fully saturated rings. The van der Waals surface area contributed by atoms with Gasteiger partial charge in [-0.25, -0.2) is 8.78 Å². The van der Waals surface area contributed by atoms with Crippen molar-refractivity contribution >= 4 is 0 Å². The molecule has 0 saturated heterocycles. The minimum absolute atomic E-state index is 0.232. The van der Waals surface area contributed by atoms with Crippen LogP contribution in [0.25, 0.3) is 11.1 Å². The van der Waals surface area contributed by atoms with Crippen LogP contribution in [-0.4, -0.2) is 0 Å². The molecule has 28 heavy (non-hydrogen) atoms. The Hall–Kier alpha value is -1.70. The van der Waals surface area contributed by atoms with Gasteiger partial charge in [-0.1, -0.05) is 44.0 Å². The zero-order valence-corrected chi connectivity index (χ0v) is 17.2. The van der Waals surface area contributed by atoms with E-state index in [0.717, 1.165) is 23.3 Å². The Labute approximate surface area is 168 Å². The average Bonchev–Trinajstić information content (AvgIpc) is 2.71. The van der Waals surface area contributed by atoms with Crippen LogP contribution in [0.5, 0.6) is 0 Å². The quantitative estimate of drug-likeness (QED) is 0.504. The fourth-order valence-electron chi connectivity index (χ4n) is 5.46. The van der Waals surface area contributed by atoms with Crippen molar-refractivity contribution in [2.24, 2.45) is 17.8 Å². The van der Waals surface area contributed by atoms with Crippen LogP contribution in [0.2, 0.25) is 0 Å². The van der Waals surface area contributed by atoms with Crippen LogP contribution in [0.15, 0.2) is 36.4 Å². The molecule has 2 aromatic rings. The number of aryl methyl sites for hydroxylation is 1. The zero-order valence-electron chi connectivity index (χ0n) is 17.2. The van der Waals surface area contributed by atoms with Crippen molar-refractivity contribution in [1.82, 2.24) is 0 Å². The number of benzene rings is 2. The lowest BCUT2D eigenvalue weighted by Gasteiger charge is -2.37. The first-order valence-corrected chi connectivity index (χ1v) is 11.1. The van der Waals surface area contributed by atoms with Crippen molar-refractivity contribution in [3.8, 4) is 11.1 Å². The molecule has 2 saturated carbocycles. The molecule has 2 aromatic carbocycles. The Morgan fingerprint density at radius 1 is 0.714 bits per heavy atom. The molecule has 0 heterocycles. The van der Waals surface area contributed by atoms with Crippen molar-refractivity contribution in [2.75, 3.05) is 0 Å². The monoisotopic (exact) mass is 382 g/mol. The Kier molecular flexibility index (Phi) is 5.85. The van der Waals surface area contributed by atoms with Crippen LogP contribution in [0.4, 0.5) is 8.78 Å². The van der Waals surface area contributed by atoms with Gasteiger partial charge in [-0.2, -0.15) is 0 Å². The summed E-state index contributed by atoms with van der Waals surface area (Å²) < 4.78 is 28.7. The Morgan fingerprint density at radius 3 is 1.96 bits per heavy atom. The fraction of sp³-hybridized carbons (Fsp3) is 0.538. The molecule has 0 N–H and O–H groups in total. The van der Waals surface area contributed by atoms with E-state index in [1.807, 2.05) is 6.07 Å². The van der Waals surface area contributed by atoms with Crippen LogP contribution < -0.4 is 0 Å². The van der Waals surface area contributed by atoms with Gasteiger partial charge in [0.15, 0.2) is 0 Å². The SMILES string of the molecule is Cc1ccc(-c2ccc(C3CCC(C4CCC(C)CC4)CC3)cc2F)cc1F. The Bertz CT molecular complexity index is 809. The molecule has 0 radical (unpaired) electrons. The lowest BCUT2D eigenvalue weighted by Crippen LogP contribution is -2.24. The lowest BCUT2D eigenvalue weighted by atomic mass is 9.68. The van der Waals surface area contributed by atoms with E-state index in [-0.39, 0.29) is 11.6 Å². The van der Waals surface area contributed by atoms with Gasteiger partial charge in [0.25, 0.3) is 0 Å². The summed E-state index contributed by atoms with van der Waals surface area (Å²) in [5.74, 6) is 2.67. The second kappa shape index (κ2) is 8.35. The van der Waals surface area contributed by atoms with E-state index in [1.54, 1.807) is 25.1 Å². The molecule has 0 nitrogen and oxygen atoms in total. The molecule has 0 amide bonds. The third-order valence-electron chi connectivity index (χ3n) is 7.45. The van der Waals surface area contributed by atoms with E-state index < -0.39 is 0 Å². The van der Waals surface area contributed by atoms with Gasteiger partial charge in [0.05, 0.1) is 0 Å². The van der Waals surface area contributed by atoms with Crippen LogP contribution in [-0.2, 0) is 0 Å². The van der Waals surface area contributed by atoms with E-state index in [4.69, 9.17) is 0 Å². The number of hydrogen-bond acceptors (Lipinski definition) is 0. The van der Waals surface area contributed by atoms with Gasteiger partial charge in [-0.05, 0) is 97.9 Å². The summed E-state index contributed by atoms with van der Waals surface area (Å²) in [6.07, 6.45) is 10.5. The Morgan fingerprint density at radius 2 is 1.36 bits per heavy atom. The maximum Gasteiger partial charge on any atom is 0.131 e. The van der Waals surface area contributed by atoms with Crippen molar-refractivity contribution in [3.05, 3.63) is 59.2 Å². The first kappa shape index (κ1) is 19.6. The van der Waals surface area contributed by atoms with Gasteiger partial charge in [0.2, 0.25) is 0 Å². The van der Waals surface area contributed by atoms with Crippen molar-refractivity contribution in [1.29, 1.82) is 0 Å². The molecule has 4 rings (SSSR count). The molecule has 0 bridgehead atoms. The van der Waals surface area contributed by atoms with E-state index >= 15 is 0 Å². The summed E-state index contributed by atoms with van der Waals surface area (Å²) in [7, 11) is 0. The van der Waals surface area contributed by atoms with E-state index in [2.05, 4.69) is 13.0 Å². The van der Waals surface area contributed by atoms with E-state index in [9.17, 15) is 8.78 Å². The molecule has 0 aromatic heterocycles. The maximum absolute atomic E-state index is 14.8. The molecule has 2 heteroatoms. The van der Waals surface area contributed by atoms with Gasteiger partial charge in [-0.15, -0.1) is 0 Å². The van der Waals surface area contributed by atoms with Crippen molar-refractivity contribution in [2.45, 2.75) is 71.1 Å². The molecule has 2 aliphatic rings. The highest BCUT2D eigenvalue weighted by Crippen LogP contribution is 2.44. The average molecular weight is 383 g/mol. The van der Waals surface area contributed by atoms with Crippen LogP contribution >= 0.6 is 0 Å². The summed E-state index contributed by atoms with van der Waals surface area (Å²) in [4.78, 5) is 0. The smallest absolute Gasteiger partial charge is 0.131 e. The van der Waals surface area contributed by atoms with E-state index in [0.29, 0.717) is 22.6 Å². The predicted octanol–water partition coefficient (Wildman–Crippen LogP) is 8.04. The molecular formula is C26H32F2. The molecule has 0 spiro atoms. The van der Waals surface area contributed by atoms with Gasteiger partial charge in [0, 0.05) is 5.56 Å².